The number of nitrogens with zero attached hydrogens (tertiary/aromatic N) is 2. The summed E-state index contributed by atoms with van der Waals surface area (Å²) < 4.78 is 0. The fourth-order valence-corrected chi connectivity index (χ4v) is 2.79. The Morgan fingerprint density at radius 1 is 1.07 bits per heavy atom. The maximum atomic E-state index is 12.0. The van der Waals surface area contributed by atoms with Crippen LogP contribution in [0.5, 0.6) is 0 Å². The summed E-state index contributed by atoms with van der Waals surface area (Å²) in [5.41, 5.74) is 2.04. The number of guanidine groups is 1. The summed E-state index contributed by atoms with van der Waals surface area (Å²) in [6.45, 7) is 11.2. The zero-order chi connectivity index (χ0) is 20.3. The van der Waals surface area contributed by atoms with Crippen molar-refractivity contribution in [1.29, 1.82) is 0 Å². The second-order valence-electron chi connectivity index (χ2n) is 8.07. The summed E-state index contributed by atoms with van der Waals surface area (Å²) in [5.74, 6) is 0.861. The molecule has 0 aliphatic carbocycles. The van der Waals surface area contributed by atoms with Crippen LogP contribution in [0, 0.1) is 5.41 Å². The summed E-state index contributed by atoms with van der Waals surface area (Å²) in [7, 11) is 3.53. The molecule has 1 aromatic rings. The summed E-state index contributed by atoms with van der Waals surface area (Å²) in [6.07, 6.45) is 5.04. The van der Waals surface area contributed by atoms with Crippen LogP contribution >= 0.6 is 24.0 Å². The van der Waals surface area contributed by atoms with Crippen LogP contribution in [-0.2, 0) is 6.54 Å². The average molecular weight is 502 g/mol. The van der Waals surface area contributed by atoms with Crippen LogP contribution in [0.25, 0.3) is 0 Å². The molecule has 2 N–H and O–H groups in total. The lowest BCUT2D eigenvalue weighted by Crippen LogP contribution is -2.42. The molecular formula is C22H39IN4O. The van der Waals surface area contributed by atoms with Gasteiger partial charge in [0.15, 0.2) is 5.96 Å². The van der Waals surface area contributed by atoms with Gasteiger partial charge in [-0.15, -0.1) is 24.0 Å². The second kappa shape index (κ2) is 13.8. The SMILES string of the molecule is CCCCCC(C)(C)CNC(=NCc1ccc(C(=O)N(C)C)cc1)NCC.I. The average Bonchev–Trinajstić information content (AvgIpc) is 2.64. The summed E-state index contributed by atoms with van der Waals surface area (Å²) >= 11 is 0. The number of unbranched alkanes of at least 4 members (excludes halogenated alkanes) is 2. The Hall–Kier alpha value is -1.31. The molecule has 0 aliphatic rings. The molecule has 0 atom stereocenters. The van der Waals surface area contributed by atoms with E-state index in [4.69, 9.17) is 4.99 Å². The lowest BCUT2D eigenvalue weighted by atomic mass is 9.87. The lowest BCUT2D eigenvalue weighted by Gasteiger charge is -2.26. The van der Waals surface area contributed by atoms with Crippen LogP contribution in [0.3, 0.4) is 0 Å². The summed E-state index contributed by atoms with van der Waals surface area (Å²) in [4.78, 5) is 18.2. The second-order valence-corrected chi connectivity index (χ2v) is 8.07. The van der Waals surface area contributed by atoms with Crippen molar-refractivity contribution < 1.29 is 4.79 Å². The maximum Gasteiger partial charge on any atom is 0.253 e. The van der Waals surface area contributed by atoms with Crippen molar-refractivity contribution in [3.05, 3.63) is 35.4 Å². The normalized spacial score (nSPS) is 11.6. The number of carbonyl (C=O) groups is 1. The number of rotatable bonds is 10. The first-order valence-electron chi connectivity index (χ1n) is 10.1. The van der Waals surface area contributed by atoms with Gasteiger partial charge in [-0.1, -0.05) is 52.2 Å². The minimum absolute atomic E-state index is 0. The number of hydrogen-bond donors (Lipinski definition) is 2. The molecule has 0 unspecified atom stereocenters. The van der Waals surface area contributed by atoms with Gasteiger partial charge in [0.05, 0.1) is 6.54 Å². The molecule has 160 valence electrons. The molecular weight excluding hydrogens is 463 g/mol. The Kier molecular flexibility index (Phi) is 13.2. The van der Waals surface area contributed by atoms with E-state index >= 15 is 0 Å². The number of aliphatic imine (C=N–C) groups is 1. The van der Waals surface area contributed by atoms with Gasteiger partial charge in [0.1, 0.15) is 0 Å². The first-order valence-corrected chi connectivity index (χ1v) is 10.1. The van der Waals surface area contributed by atoms with Crippen molar-refractivity contribution in [2.45, 2.75) is 59.9 Å². The predicted molar refractivity (Wildman–Crippen MR) is 131 cm³/mol. The Morgan fingerprint density at radius 2 is 1.71 bits per heavy atom. The first-order chi connectivity index (χ1) is 12.8. The van der Waals surface area contributed by atoms with E-state index in [1.54, 1.807) is 19.0 Å². The molecule has 0 spiro atoms. The topological polar surface area (TPSA) is 56.7 Å². The third kappa shape index (κ3) is 10.3. The molecule has 0 bridgehead atoms. The minimum atomic E-state index is 0. The highest BCUT2D eigenvalue weighted by molar-refractivity contribution is 14.0. The number of amides is 1. The molecule has 0 saturated heterocycles. The van der Waals surface area contributed by atoms with Crippen LogP contribution in [0.4, 0.5) is 0 Å². The first kappa shape index (κ1) is 26.7. The van der Waals surface area contributed by atoms with E-state index in [0.717, 1.165) is 24.6 Å². The molecule has 0 radical (unpaired) electrons. The van der Waals surface area contributed by atoms with E-state index in [1.165, 1.54) is 25.7 Å². The van der Waals surface area contributed by atoms with Gasteiger partial charge in [-0.25, -0.2) is 4.99 Å². The molecule has 0 heterocycles. The van der Waals surface area contributed by atoms with Gasteiger partial charge in [-0.3, -0.25) is 4.79 Å². The van der Waals surface area contributed by atoms with Crippen molar-refractivity contribution in [2.24, 2.45) is 10.4 Å². The maximum absolute atomic E-state index is 12.0. The Labute approximate surface area is 188 Å². The van der Waals surface area contributed by atoms with E-state index in [0.29, 0.717) is 12.1 Å². The van der Waals surface area contributed by atoms with Gasteiger partial charge >= 0.3 is 0 Å². The van der Waals surface area contributed by atoms with E-state index < -0.39 is 0 Å². The molecule has 0 saturated carbocycles. The van der Waals surface area contributed by atoms with E-state index in [9.17, 15) is 4.79 Å². The third-order valence-corrected chi connectivity index (χ3v) is 4.56. The van der Waals surface area contributed by atoms with Crippen LogP contribution in [0.1, 0.15) is 69.3 Å². The van der Waals surface area contributed by atoms with E-state index in [-0.39, 0.29) is 35.3 Å². The summed E-state index contributed by atoms with van der Waals surface area (Å²) in [5, 5.41) is 6.80. The quantitative estimate of drug-likeness (QED) is 0.212. The molecule has 1 amide bonds. The van der Waals surface area contributed by atoms with Crippen LogP contribution in [-0.4, -0.2) is 44.0 Å². The number of benzene rings is 1. The largest absolute Gasteiger partial charge is 0.357 e. The highest BCUT2D eigenvalue weighted by atomic mass is 127. The minimum Gasteiger partial charge on any atom is -0.357 e. The third-order valence-electron chi connectivity index (χ3n) is 4.56. The fraction of sp³-hybridized carbons (Fsp3) is 0.636. The molecule has 1 rings (SSSR count). The lowest BCUT2D eigenvalue weighted by molar-refractivity contribution is 0.0827. The van der Waals surface area contributed by atoms with Gasteiger partial charge in [0, 0.05) is 32.7 Å². The Balaban J connectivity index is 0.00000729. The number of hydrogen-bond acceptors (Lipinski definition) is 2. The van der Waals surface area contributed by atoms with Crippen LogP contribution in [0.2, 0.25) is 0 Å². The monoisotopic (exact) mass is 502 g/mol. The van der Waals surface area contributed by atoms with Gasteiger partial charge in [0.25, 0.3) is 5.91 Å². The van der Waals surface area contributed by atoms with Gasteiger partial charge < -0.3 is 15.5 Å². The molecule has 5 nitrogen and oxygen atoms in total. The molecule has 0 aromatic heterocycles. The van der Waals surface area contributed by atoms with E-state index in [1.807, 2.05) is 24.3 Å². The smallest absolute Gasteiger partial charge is 0.253 e. The Bertz CT molecular complexity index is 597. The number of carbonyl (C=O) groups excluding carboxylic acids is 1. The van der Waals surface area contributed by atoms with Gasteiger partial charge in [0.2, 0.25) is 0 Å². The standard InChI is InChI=1S/C22H38N4O.HI/c1-7-9-10-15-22(3,4)17-25-21(23-8-2)24-16-18-11-13-19(14-12-18)20(27)26(5)6;/h11-14H,7-10,15-17H2,1-6H3,(H2,23,24,25);1H. The number of nitrogens with one attached hydrogen (secondary N) is 2. The zero-order valence-corrected chi connectivity index (χ0v) is 20.8. The van der Waals surface area contributed by atoms with Crippen molar-refractivity contribution in [3.63, 3.8) is 0 Å². The molecule has 0 fully saturated rings. The van der Waals surface area contributed by atoms with Crippen LogP contribution in [0.15, 0.2) is 29.3 Å². The van der Waals surface area contributed by atoms with Crippen molar-refractivity contribution in [1.82, 2.24) is 15.5 Å². The molecule has 6 heteroatoms. The van der Waals surface area contributed by atoms with Crippen molar-refractivity contribution >= 4 is 35.8 Å². The molecule has 28 heavy (non-hydrogen) atoms. The Morgan fingerprint density at radius 3 is 2.25 bits per heavy atom. The van der Waals surface area contributed by atoms with Crippen LogP contribution < -0.4 is 10.6 Å². The predicted octanol–water partition coefficient (Wildman–Crippen LogP) is 4.67. The molecule has 1 aromatic carbocycles. The van der Waals surface area contributed by atoms with Gasteiger partial charge in [-0.05, 0) is 36.5 Å². The van der Waals surface area contributed by atoms with E-state index in [2.05, 4.69) is 38.3 Å². The number of halogens is 1. The van der Waals surface area contributed by atoms with Gasteiger partial charge in [-0.2, -0.15) is 0 Å². The summed E-state index contributed by atoms with van der Waals surface area (Å²) in [6, 6.07) is 7.67. The highest BCUT2D eigenvalue weighted by Crippen LogP contribution is 2.22. The molecule has 0 aliphatic heterocycles. The fourth-order valence-electron chi connectivity index (χ4n) is 2.79. The highest BCUT2D eigenvalue weighted by Gasteiger charge is 2.17. The van der Waals surface area contributed by atoms with Crippen molar-refractivity contribution in [3.8, 4) is 0 Å². The zero-order valence-electron chi connectivity index (χ0n) is 18.5. The van der Waals surface area contributed by atoms with Crippen molar-refractivity contribution in [2.75, 3.05) is 27.2 Å².